The zero-order valence-corrected chi connectivity index (χ0v) is 12.8. The second-order valence-electron chi connectivity index (χ2n) is 7.43. The molecule has 0 spiro atoms. The molecule has 2 rings (SSSR count). The summed E-state index contributed by atoms with van der Waals surface area (Å²) in [5.74, 6) is 0.745. The minimum atomic E-state index is -0.480. The second-order valence-corrected chi connectivity index (χ2v) is 7.43. The molecule has 0 aromatic heterocycles. The van der Waals surface area contributed by atoms with Crippen LogP contribution in [-0.4, -0.2) is 30.2 Å². The Bertz CT molecular complexity index is 268. The molecule has 1 heterocycles. The van der Waals surface area contributed by atoms with E-state index in [9.17, 15) is 5.11 Å². The van der Waals surface area contributed by atoms with Gasteiger partial charge < -0.3 is 14.6 Å². The van der Waals surface area contributed by atoms with Gasteiger partial charge in [-0.25, -0.2) is 0 Å². The first-order valence-corrected chi connectivity index (χ1v) is 7.85. The number of hydrogen-bond acceptors (Lipinski definition) is 3. The molecule has 3 heteroatoms. The van der Waals surface area contributed by atoms with Crippen LogP contribution >= 0.6 is 0 Å². The van der Waals surface area contributed by atoms with Gasteiger partial charge in [0.1, 0.15) is 0 Å². The first-order valence-electron chi connectivity index (χ1n) is 7.85. The van der Waals surface area contributed by atoms with Crippen molar-refractivity contribution in [1.29, 1.82) is 0 Å². The summed E-state index contributed by atoms with van der Waals surface area (Å²) in [6.07, 6.45) is 6.71. The van der Waals surface area contributed by atoms with Gasteiger partial charge in [0.2, 0.25) is 0 Å². The fourth-order valence-corrected chi connectivity index (χ4v) is 3.36. The molecule has 0 radical (unpaired) electrons. The van der Waals surface area contributed by atoms with Gasteiger partial charge in [-0.15, -0.1) is 0 Å². The quantitative estimate of drug-likeness (QED) is 0.853. The van der Waals surface area contributed by atoms with Crippen molar-refractivity contribution in [2.75, 3.05) is 13.2 Å². The molecule has 1 aliphatic heterocycles. The lowest BCUT2D eigenvalue weighted by Crippen LogP contribution is -2.38. The van der Waals surface area contributed by atoms with Crippen LogP contribution in [0.2, 0.25) is 0 Å². The summed E-state index contributed by atoms with van der Waals surface area (Å²) in [6, 6.07) is 0. The molecule has 1 saturated heterocycles. The van der Waals surface area contributed by atoms with Gasteiger partial charge in [0.05, 0.1) is 18.8 Å². The SMILES string of the molecule is CC(C)(C)C1CCC(O)(CCC2OCCCO2)CC1. The molecular formula is C16H30O3. The molecular weight excluding hydrogens is 240 g/mol. The largest absolute Gasteiger partial charge is 0.390 e. The lowest BCUT2D eigenvalue weighted by molar-refractivity contribution is -0.188. The lowest BCUT2D eigenvalue weighted by atomic mass is 9.67. The Labute approximate surface area is 117 Å². The summed E-state index contributed by atoms with van der Waals surface area (Å²) < 4.78 is 11.1. The van der Waals surface area contributed by atoms with Crippen LogP contribution in [0.25, 0.3) is 0 Å². The van der Waals surface area contributed by atoms with Crippen LogP contribution in [0.3, 0.4) is 0 Å². The standard InChI is InChI=1S/C16H30O3/c1-15(2,3)13-5-8-16(17,9-6-13)10-7-14-18-11-4-12-19-14/h13-14,17H,4-12H2,1-3H3. The summed E-state index contributed by atoms with van der Waals surface area (Å²) in [5, 5.41) is 10.7. The van der Waals surface area contributed by atoms with E-state index in [0.717, 1.165) is 64.1 Å². The minimum Gasteiger partial charge on any atom is -0.390 e. The highest BCUT2D eigenvalue weighted by atomic mass is 16.7. The Morgan fingerprint density at radius 2 is 1.68 bits per heavy atom. The Balaban J connectivity index is 1.75. The average Bonchev–Trinajstić information content (AvgIpc) is 2.37. The van der Waals surface area contributed by atoms with E-state index < -0.39 is 5.60 Å². The average molecular weight is 270 g/mol. The number of hydrogen-bond donors (Lipinski definition) is 1. The molecule has 0 atom stereocenters. The van der Waals surface area contributed by atoms with E-state index in [1.54, 1.807) is 0 Å². The van der Waals surface area contributed by atoms with Crippen LogP contribution in [-0.2, 0) is 9.47 Å². The molecule has 0 unspecified atom stereocenters. The van der Waals surface area contributed by atoms with Gasteiger partial charge >= 0.3 is 0 Å². The second kappa shape index (κ2) is 6.11. The molecule has 0 amide bonds. The van der Waals surface area contributed by atoms with Crippen molar-refractivity contribution in [1.82, 2.24) is 0 Å². The maximum absolute atomic E-state index is 10.7. The molecule has 0 aromatic rings. The summed E-state index contributed by atoms with van der Waals surface area (Å²) in [6.45, 7) is 8.54. The van der Waals surface area contributed by atoms with Gasteiger partial charge in [0.25, 0.3) is 0 Å². The Hall–Kier alpha value is -0.120. The molecule has 3 nitrogen and oxygen atoms in total. The van der Waals surface area contributed by atoms with Gasteiger partial charge in [-0.05, 0) is 49.9 Å². The van der Waals surface area contributed by atoms with Gasteiger partial charge in [0.15, 0.2) is 6.29 Å². The summed E-state index contributed by atoms with van der Waals surface area (Å²) in [4.78, 5) is 0. The molecule has 19 heavy (non-hydrogen) atoms. The van der Waals surface area contributed by atoms with Crippen LogP contribution in [0.1, 0.15) is 65.7 Å². The molecule has 0 aromatic carbocycles. The molecule has 112 valence electrons. The van der Waals surface area contributed by atoms with Crippen molar-refractivity contribution >= 4 is 0 Å². The predicted molar refractivity (Wildman–Crippen MR) is 75.9 cm³/mol. The van der Waals surface area contributed by atoms with Crippen molar-refractivity contribution in [3.63, 3.8) is 0 Å². The smallest absolute Gasteiger partial charge is 0.157 e. The lowest BCUT2D eigenvalue weighted by Gasteiger charge is -2.41. The van der Waals surface area contributed by atoms with E-state index in [1.807, 2.05) is 0 Å². The third-order valence-electron chi connectivity index (χ3n) is 4.88. The van der Waals surface area contributed by atoms with E-state index >= 15 is 0 Å². The topological polar surface area (TPSA) is 38.7 Å². The van der Waals surface area contributed by atoms with E-state index in [2.05, 4.69) is 20.8 Å². The van der Waals surface area contributed by atoms with Crippen molar-refractivity contribution in [3.8, 4) is 0 Å². The van der Waals surface area contributed by atoms with E-state index in [1.165, 1.54) is 0 Å². The first-order chi connectivity index (χ1) is 8.89. The molecule has 2 aliphatic rings. The van der Waals surface area contributed by atoms with Crippen molar-refractivity contribution in [2.45, 2.75) is 77.6 Å². The van der Waals surface area contributed by atoms with Crippen molar-refractivity contribution in [3.05, 3.63) is 0 Å². The van der Waals surface area contributed by atoms with Crippen LogP contribution < -0.4 is 0 Å². The maximum atomic E-state index is 10.7. The monoisotopic (exact) mass is 270 g/mol. The van der Waals surface area contributed by atoms with Gasteiger partial charge in [-0.1, -0.05) is 20.8 Å². The third-order valence-corrected chi connectivity index (χ3v) is 4.88. The van der Waals surface area contributed by atoms with E-state index in [4.69, 9.17) is 9.47 Å². The zero-order chi connectivity index (χ0) is 13.9. The van der Waals surface area contributed by atoms with Crippen LogP contribution in [0.5, 0.6) is 0 Å². The fraction of sp³-hybridized carbons (Fsp3) is 1.00. The summed E-state index contributed by atoms with van der Waals surface area (Å²) >= 11 is 0. The highest BCUT2D eigenvalue weighted by Crippen LogP contribution is 2.43. The van der Waals surface area contributed by atoms with Crippen LogP contribution in [0, 0.1) is 11.3 Å². The highest BCUT2D eigenvalue weighted by molar-refractivity contribution is 4.89. The van der Waals surface area contributed by atoms with E-state index in [0.29, 0.717) is 5.41 Å². The van der Waals surface area contributed by atoms with Gasteiger partial charge in [-0.3, -0.25) is 0 Å². The Morgan fingerprint density at radius 1 is 1.11 bits per heavy atom. The number of rotatable bonds is 3. The zero-order valence-electron chi connectivity index (χ0n) is 12.8. The molecule has 1 saturated carbocycles. The first kappa shape index (κ1) is 15.3. The molecule has 2 fully saturated rings. The molecule has 1 N–H and O–H groups in total. The highest BCUT2D eigenvalue weighted by Gasteiger charge is 2.37. The Kier molecular flexibility index (Phi) is 4.91. The van der Waals surface area contributed by atoms with Crippen LogP contribution in [0.15, 0.2) is 0 Å². The van der Waals surface area contributed by atoms with Crippen LogP contribution in [0.4, 0.5) is 0 Å². The molecule has 0 bridgehead atoms. The van der Waals surface area contributed by atoms with E-state index in [-0.39, 0.29) is 6.29 Å². The minimum absolute atomic E-state index is 0.0851. The molecule has 1 aliphatic carbocycles. The predicted octanol–water partition coefficient (Wildman–Crippen LogP) is 3.50. The fourth-order valence-electron chi connectivity index (χ4n) is 3.36. The summed E-state index contributed by atoms with van der Waals surface area (Å²) in [7, 11) is 0. The summed E-state index contributed by atoms with van der Waals surface area (Å²) in [5.41, 5.74) is -0.108. The van der Waals surface area contributed by atoms with Gasteiger partial charge in [0, 0.05) is 6.42 Å². The third kappa shape index (κ3) is 4.44. The maximum Gasteiger partial charge on any atom is 0.157 e. The number of ether oxygens (including phenoxy) is 2. The normalized spacial score (nSPS) is 34.4. The van der Waals surface area contributed by atoms with Gasteiger partial charge in [-0.2, -0.15) is 0 Å². The number of aliphatic hydroxyl groups is 1. The van der Waals surface area contributed by atoms with Crippen molar-refractivity contribution in [2.24, 2.45) is 11.3 Å². The van der Waals surface area contributed by atoms with Crippen molar-refractivity contribution < 1.29 is 14.6 Å². The Morgan fingerprint density at radius 3 is 2.21 bits per heavy atom.